The van der Waals surface area contributed by atoms with E-state index in [1.807, 2.05) is 0 Å². The van der Waals surface area contributed by atoms with Gasteiger partial charge in [0.2, 0.25) is 0 Å². The second-order valence-corrected chi connectivity index (χ2v) is 36.9. The molecule has 3 aromatic carbocycles. The number of cyclic esters (lactones) is 3. The summed E-state index contributed by atoms with van der Waals surface area (Å²) in [6.07, 6.45) is 11.5. The van der Waals surface area contributed by atoms with Crippen molar-refractivity contribution in [3.8, 4) is 34.2 Å². The molecule has 0 radical (unpaired) electrons. The third kappa shape index (κ3) is 13.8. The maximum Gasteiger partial charge on any atom is 0.343 e. The lowest BCUT2D eigenvalue weighted by molar-refractivity contribution is -0.172. The molecule has 0 saturated heterocycles. The minimum absolute atomic E-state index is 0.0237. The Morgan fingerprint density at radius 1 is 0.460 bits per heavy atom. The molecule has 6 aliphatic heterocycles. The van der Waals surface area contributed by atoms with Gasteiger partial charge < -0.3 is 80.0 Å². The summed E-state index contributed by atoms with van der Waals surface area (Å²) in [6.45, 7) is 10.2. The average molecular weight is 1760 g/mol. The highest BCUT2D eigenvalue weighted by atomic mass is 32.2. The first-order valence-electron chi connectivity index (χ1n) is 42.7. The molecule has 9 aromatic rings. The van der Waals surface area contributed by atoms with Crippen LogP contribution in [-0.2, 0) is 129 Å². The Morgan fingerprint density at radius 2 is 0.738 bits per heavy atom. The van der Waals surface area contributed by atoms with E-state index < -0.39 is 91.5 Å². The van der Waals surface area contributed by atoms with Crippen LogP contribution in [0.15, 0.2) is 50.8 Å². The van der Waals surface area contributed by atoms with Crippen LogP contribution in [0.25, 0.3) is 66.9 Å². The lowest BCUT2D eigenvalue weighted by Gasteiger charge is -2.32. The number of halogens is 3. The summed E-state index contributed by atoms with van der Waals surface area (Å²) in [4.78, 5) is 130. The number of aryl methyl sites for hydroxylation is 3. The molecular formula is C91H96F3N9O22S. The van der Waals surface area contributed by atoms with Crippen LogP contribution in [0, 0.1) is 38.2 Å². The largest absolute Gasteiger partial charge is 0.479 e. The standard InChI is InChI=1S/2C30H30FN3O6.C24H22FN3O4.C6H10O3.CH4O3S/c2*1-3-30(39)18-10-22-25-16(12-34(22)26(35)17(18)13-40-28(30)37)24-20(33-27(36)29(38)8-4-5-9-29)7-6-15-14(2)19(31)11-21(32-25)23(15)24;1-3-24(31)14-6-18-21-12(8-28(18)22(29)13(14)9-32-23(24)30)19-16(26)5-4-11-10(2)15(25)7-17(27-21)20(11)19;7-5(8)6(9)3-1-2-4-6;1-5(2,3)4/h2*10-11,20,38-39H,3-9,12-13H2,1-2H3,(H,33,36);6-7,16,31H,3-5,8-9,26H2,1-2H3;9H,1-4H2,(H,7,8);1H3,(H,2,3,4)/t2*20-,30-;16-,24-;;/m000../s1. The van der Waals surface area contributed by atoms with Gasteiger partial charge in [0, 0.05) is 73.8 Å². The molecule has 0 unspecified atom stereocenters. The number of hydrogen-bond acceptors (Lipinski definition) is 24. The zero-order chi connectivity index (χ0) is 90.2. The smallest absolute Gasteiger partial charge is 0.343 e. The van der Waals surface area contributed by atoms with E-state index in [2.05, 4.69) is 10.6 Å². The highest BCUT2D eigenvalue weighted by molar-refractivity contribution is 7.85. The Hall–Kier alpha value is -11.0. The number of carbonyl (C=O) groups is 6. The highest BCUT2D eigenvalue weighted by Crippen LogP contribution is 2.52. The van der Waals surface area contributed by atoms with Gasteiger partial charge in [-0.3, -0.25) is 28.5 Å². The lowest BCUT2D eigenvalue weighted by atomic mass is 9.81. The van der Waals surface area contributed by atoms with Crippen molar-refractivity contribution in [2.24, 2.45) is 5.73 Å². The van der Waals surface area contributed by atoms with Crippen molar-refractivity contribution in [1.29, 1.82) is 0 Å². The number of nitrogens with zero attached hydrogens (tertiary/aromatic N) is 6. The van der Waals surface area contributed by atoms with E-state index in [-0.39, 0.29) is 132 Å². The highest BCUT2D eigenvalue weighted by Gasteiger charge is 2.52. The van der Waals surface area contributed by atoms with Crippen molar-refractivity contribution in [3.63, 3.8) is 0 Å². The number of fused-ring (bicyclic) bond motifs is 15. The second kappa shape index (κ2) is 31.2. The van der Waals surface area contributed by atoms with Gasteiger partial charge in [0.15, 0.2) is 22.4 Å². The first kappa shape index (κ1) is 87.1. The molecule has 2 amide bonds. The third-order valence-electron chi connectivity index (χ3n) is 28.3. The molecule has 12 N–H and O–H groups in total. The van der Waals surface area contributed by atoms with Crippen LogP contribution < -0.4 is 33.0 Å². The summed E-state index contributed by atoms with van der Waals surface area (Å²) >= 11 is 0. The van der Waals surface area contributed by atoms with Crippen molar-refractivity contribution in [1.82, 2.24) is 39.3 Å². The molecule has 6 atom stereocenters. The van der Waals surface area contributed by atoms with Crippen molar-refractivity contribution >= 4 is 78.5 Å². The fourth-order valence-electron chi connectivity index (χ4n) is 21.1. The van der Waals surface area contributed by atoms with Crippen LogP contribution in [-0.4, -0.2) is 136 Å². The molecule has 31 nitrogen and oxygen atoms in total. The summed E-state index contributed by atoms with van der Waals surface area (Å²) in [6, 6.07) is 7.92. The lowest BCUT2D eigenvalue weighted by Crippen LogP contribution is -2.46. The number of ether oxygens (including phenoxy) is 3. The number of carboxylic acid groups (broad SMARTS) is 1. The molecule has 35 heteroatoms. The zero-order valence-corrected chi connectivity index (χ0v) is 71.2. The number of pyridine rings is 6. The molecule has 0 bridgehead atoms. The number of hydrogen-bond donors (Lipinski definition) is 11. The molecule has 126 heavy (non-hydrogen) atoms. The van der Waals surface area contributed by atoms with E-state index in [1.54, 1.807) is 73.4 Å². The molecule has 21 rings (SSSR count). The summed E-state index contributed by atoms with van der Waals surface area (Å²) in [7, 11) is -3.67. The number of benzene rings is 3. The van der Waals surface area contributed by atoms with Crippen LogP contribution in [0.1, 0.15) is 255 Å². The Kier molecular flexibility index (Phi) is 21.6. The molecule has 6 aliphatic carbocycles. The van der Waals surface area contributed by atoms with Crippen LogP contribution in [0.3, 0.4) is 0 Å². The maximum atomic E-state index is 15.1. The Morgan fingerprint density at radius 3 is 1.02 bits per heavy atom. The number of nitrogens with two attached hydrogens (primary N) is 1. The second-order valence-electron chi connectivity index (χ2n) is 35.5. The molecule has 664 valence electrons. The Labute approximate surface area is 717 Å². The number of amides is 2. The van der Waals surface area contributed by atoms with Gasteiger partial charge >= 0.3 is 23.9 Å². The number of nitrogens with one attached hydrogen (secondary N) is 2. The number of carbonyl (C=O) groups excluding carboxylic acids is 5. The van der Waals surface area contributed by atoms with E-state index in [0.717, 1.165) is 105 Å². The van der Waals surface area contributed by atoms with E-state index in [9.17, 15) is 81.5 Å². The summed E-state index contributed by atoms with van der Waals surface area (Å²) < 4.78 is 90.8. The van der Waals surface area contributed by atoms with Crippen LogP contribution in [0.4, 0.5) is 13.2 Å². The van der Waals surface area contributed by atoms with Crippen LogP contribution in [0.2, 0.25) is 0 Å². The van der Waals surface area contributed by atoms with E-state index in [4.69, 9.17) is 49.7 Å². The number of rotatable bonds is 8. The fraction of sp³-hybridized carbons (Fsp3) is 0.473. The molecule has 12 aliphatic rings. The van der Waals surface area contributed by atoms with Gasteiger partial charge in [-0.05, 0) is 224 Å². The van der Waals surface area contributed by atoms with Crippen molar-refractivity contribution in [3.05, 3.63) is 185 Å². The first-order valence-corrected chi connectivity index (χ1v) is 44.6. The topological polar surface area (TPSA) is 481 Å². The molecule has 12 heterocycles. The van der Waals surface area contributed by atoms with E-state index >= 15 is 8.78 Å². The summed E-state index contributed by atoms with van der Waals surface area (Å²) in [5, 5.41) is 81.5. The predicted molar refractivity (Wildman–Crippen MR) is 447 cm³/mol. The minimum atomic E-state index is -3.67. The Bertz CT molecular complexity index is 6390. The quantitative estimate of drug-likeness (QED) is 0.0387. The SMILES string of the molecule is CC[C@@]1(O)C(=O)OCc2c1cc1n(c2=O)Cc2c-1nc1cc(F)c(C)c3c1c2[C@@H](N)CC3.CC[C@@]1(O)C(=O)OCc2c1cc1n(c2=O)Cc2c-1nc1cc(F)c(C)c3c1c2[C@@H](NC(=O)C1(O)CCCC1)CC3.CC[C@@]1(O)C(=O)OCc2c1cc1n(c2=O)Cc2c-1nc1cc(F)c(C)c3c1c2[C@@H](NC(=O)C1(O)CCCC1)CC3.CS(=O)(=O)O.O=C(O)C1(O)CCCC1. The number of carboxylic acids is 1. The minimum Gasteiger partial charge on any atom is -0.479 e. The van der Waals surface area contributed by atoms with Gasteiger partial charge in [-0.15, -0.1) is 0 Å². The third-order valence-corrected chi connectivity index (χ3v) is 28.3. The van der Waals surface area contributed by atoms with E-state index in [0.29, 0.717) is 151 Å². The van der Waals surface area contributed by atoms with Gasteiger partial charge in [0.05, 0.1) is 105 Å². The molecular weight excluding hydrogens is 1660 g/mol. The molecule has 3 fully saturated rings. The number of aliphatic hydroxyl groups is 6. The molecule has 0 spiro atoms. The number of aromatic nitrogens is 6. The average Bonchev–Trinajstić information content (AvgIpc) is 1.54. The normalized spacial score (nSPS) is 23.2. The monoisotopic (exact) mass is 1760 g/mol. The van der Waals surface area contributed by atoms with Gasteiger partial charge in [0.1, 0.15) is 48.5 Å². The molecule has 6 aromatic heterocycles. The Balaban J connectivity index is 0.000000124. The van der Waals surface area contributed by atoms with Gasteiger partial charge in [-0.2, -0.15) is 8.42 Å². The van der Waals surface area contributed by atoms with Crippen molar-refractivity contribution in [2.45, 2.75) is 268 Å². The summed E-state index contributed by atoms with van der Waals surface area (Å²) in [5.41, 5.74) is 9.95. The van der Waals surface area contributed by atoms with Gasteiger partial charge in [0.25, 0.3) is 38.6 Å². The van der Waals surface area contributed by atoms with Crippen LogP contribution >= 0.6 is 0 Å². The van der Waals surface area contributed by atoms with Crippen molar-refractivity contribution in [2.75, 3.05) is 6.26 Å². The van der Waals surface area contributed by atoms with Crippen LogP contribution in [0.5, 0.6) is 0 Å². The fourth-order valence-corrected chi connectivity index (χ4v) is 21.1. The summed E-state index contributed by atoms with van der Waals surface area (Å²) in [5.74, 6) is -5.35. The molecule has 3 saturated carbocycles. The zero-order valence-electron chi connectivity index (χ0n) is 70.4. The van der Waals surface area contributed by atoms with E-state index in [1.165, 1.54) is 18.2 Å². The first-order chi connectivity index (χ1) is 59.5. The number of aliphatic carboxylic acids is 1. The van der Waals surface area contributed by atoms with Gasteiger partial charge in [-0.25, -0.2) is 47.3 Å². The predicted octanol–water partition coefficient (Wildman–Crippen LogP) is 8.22. The number of esters is 3. The van der Waals surface area contributed by atoms with Crippen molar-refractivity contribution < 1.29 is 105 Å². The maximum absolute atomic E-state index is 15.1. The van der Waals surface area contributed by atoms with Gasteiger partial charge in [-0.1, -0.05) is 20.8 Å².